The molecule has 1 heterocycles. The van der Waals surface area contributed by atoms with Crippen molar-refractivity contribution < 1.29 is 41.7 Å². The van der Waals surface area contributed by atoms with Gasteiger partial charge in [-0.3, -0.25) is 4.79 Å². The molecule has 0 aliphatic heterocycles. The van der Waals surface area contributed by atoms with E-state index in [0.717, 1.165) is 18.3 Å². The smallest absolute Gasteiger partial charge is 0.416 e. The van der Waals surface area contributed by atoms with Crippen LogP contribution in [0.4, 0.5) is 18.9 Å². The largest absolute Gasteiger partial charge is 0.618 e. The number of nitrogens with zero attached hydrogens (tertiary/aromatic N) is 1. The lowest BCUT2D eigenvalue weighted by atomic mass is 10.1. The van der Waals surface area contributed by atoms with E-state index >= 15 is 0 Å². The molecule has 0 fully saturated rings. The van der Waals surface area contributed by atoms with Gasteiger partial charge in [0.1, 0.15) is 12.4 Å². The Kier molecular flexibility index (Phi) is 7.37. The minimum atomic E-state index is -4.63. The molecule has 29 heavy (non-hydrogen) atoms. The fourth-order valence-electron chi connectivity index (χ4n) is 2.14. The van der Waals surface area contributed by atoms with Crippen molar-refractivity contribution >= 4 is 17.6 Å². The maximum absolute atomic E-state index is 12.9. The Balaban J connectivity index is 2.08. The lowest BCUT2D eigenvalue weighted by molar-refractivity contribution is -0.608. The molecule has 156 valence electrons. The van der Waals surface area contributed by atoms with Crippen molar-refractivity contribution in [3.8, 4) is 5.75 Å². The predicted octanol–water partition coefficient (Wildman–Crippen LogP) is 2.16. The lowest BCUT2D eigenvalue weighted by Gasteiger charge is -2.15. The molecule has 0 bridgehead atoms. The summed E-state index contributed by atoms with van der Waals surface area (Å²) in [6, 6.07) is 6.59. The molecule has 0 saturated heterocycles. The van der Waals surface area contributed by atoms with Crippen LogP contribution in [-0.4, -0.2) is 38.8 Å². The molecule has 0 radical (unpaired) electrons. The van der Waals surface area contributed by atoms with Crippen LogP contribution >= 0.6 is 0 Å². The first-order chi connectivity index (χ1) is 13.7. The molecule has 11 heteroatoms. The number of ether oxygens (including phenoxy) is 3. The highest BCUT2D eigenvalue weighted by Crippen LogP contribution is 2.35. The van der Waals surface area contributed by atoms with Gasteiger partial charge in [-0.25, -0.2) is 4.79 Å². The lowest BCUT2D eigenvalue weighted by Crippen LogP contribution is -2.35. The number of aromatic nitrogens is 1. The Hall–Kier alpha value is -3.34. The number of benzene rings is 1. The topological polar surface area (TPSA) is 101 Å². The molecule has 1 N–H and O–H groups in total. The Morgan fingerprint density at radius 2 is 1.93 bits per heavy atom. The number of amides is 1. The molecule has 1 aromatic carbocycles. The van der Waals surface area contributed by atoms with Crippen LogP contribution in [-0.2, 0) is 20.4 Å². The Morgan fingerprint density at radius 3 is 2.59 bits per heavy atom. The number of carbonyl (C=O) groups is 2. The number of nitrogens with one attached hydrogen (secondary N) is 1. The zero-order valence-electron chi connectivity index (χ0n) is 15.2. The second kappa shape index (κ2) is 9.73. The zero-order valence-corrected chi connectivity index (χ0v) is 15.2. The minimum absolute atomic E-state index is 0.0183. The summed E-state index contributed by atoms with van der Waals surface area (Å²) in [6.07, 6.45) is -3.56. The standard InChI is InChI=1S/C18H17F3N2O6/c1-27-8-9-28-15-6-5-12(18(19,20)21)10-13(15)22-16(24)11-29-17(25)14-4-2-3-7-23(14)26/h2-7,10H,8-9,11H2,1H3,(H,22,24). The van der Waals surface area contributed by atoms with E-state index < -0.39 is 30.2 Å². The number of carbonyl (C=O) groups excluding carboxylic acids is 2. The molecule has 0 saturated carbocycles. The molecular weight excluding hydrogens is 397 g/mol. The van der Waals surface area contributed by atoms with Crippen LogP contribution in [0.2, 0.25) is 0 Å². The van der Waals surface area contributed by atoms with Gasteiger partial charge in [-0.1, -0.05) is 0 Å². The summed E-state index contributed by atoms with van der Waals surface area (Å²) < 4.78 is 53.9. The van der Waals surface area contributed by atoms with Crippen LogP contribution < -0.4 is 14.8 Å². The van der Waals surface area contributed by atoms with Gasteiger partial charge in [-0.05, 0) is 24.3 Å². The van der Waals surface area contributed by atoms with Gasteiger partial charge in [0.25, 0.3) is 5.91 Å². The second-order valence-corrected chi connectivity index (χ2v) is 5.59. The van der Waals surface area contributed by atoms with Gasteiger partial charge in [0.15, 0.2) is 12.8 Å². The summed E-state index contributed by atoms with van der Waals surface area (Å²) in [6.45, 7) is -0.600. The van der Waals surface area contributed by atoms with E-state index in [2.05, 4.69) is 5.32 Å². The number of hydrogen-bond acceptors (Lipinski definition) is 6. The van der Waals surface area contributed by atoms with E-state index in [-0.39, 0.29) is 35.1 Å². The van der Waals surface area contributed by atoms with Crippen LogP contribution in [0.5, 0.6) is 5.75 Å². The van der Waals surface area contributed by atoms with Crippen LogP contribution in [0.25, 0.3) is 0 Å². The average Bonchev–Trinajstić information content (AvgIpc) is 2.67. The fourth-order valence-corrected chi connectivity index (χ4v) is 2.14. The van der Waals surface area contributed by atoms with Crippen molar-refractivity contribution in [3.63, 3.8) is 0 Å². The predicted molar refractivity (Wildman–Crippen MR) is 93.1 cm³/mol. The van der Waals surface area contributed by atoms with E-state index in [1.54, 1.807) is 0 Å². The maximum Gasteiger partial charge on any atom is 0.416 e. The molecular formula is C18H17F3N2O6. The van der Waals surface area contributed by atoms with Gasteiger partial charge in [0.2, 0.25) is 0 Å². The summed E-state index contributed by atoms with van der Waals surface area (Å²) in [5, 5.41) is 13.7. The Bertz CT molecular complexity index is 873. The quantitative estimate of drug-likeness (QED) is 0.308. The van der Waals surface area contributed by atoms with Crippen LogP contribution in [0.3, 0.4) is 0 Å². The molecule has 1 amide bonds. The molecule has 0 aliphatic rings. The number of esters is 1. The van der Waals surface area contributed by atoms with Crippen LogP contribution in [0.15, 0.2) is 42.6 Å². The molecule has 8 nitrogen and oxygen atoms in total. The van der Waals surface area contributed by atoms with E-state index in [9.17, 15) is 28.0 Å². The van der Waals surface area contributed by atoms with Crippen LogP contribution in [0.1, 0.15) is 16.1 Å². The summed E-state index contributed by atoms with van der Waals surface area (Å²) in [4.78, 5) is 23.9. The molecule has 1 aromatic heterocycles. The average molecular weight is 414 g/mol. The number of hydrogen-bond donors (Lipinski definition) is 1. The van der Waals surface area contributed by atoms with Crippen molar-refractivity contribution in [3.05, 3.63) is 59.1 Å². The highest BCUT2D eigenvalue weighted by atomic mass is 19.4. The van der Waals surface area contributed by atoms with E-state index in [1.807, 2.05) is 0 Å². The third-order valence-corrected chi connectivity index (χ3v) is 3.49. The normalized spacial score (nSPS) is 11.0. The number of alkyl halides is 3. The summed E-state index contributed by atoms with van der Waals surface area (Å²) in [5.74, 6) is -1.99. The number of methoxy groups -OCH3 is 1. The number of pyridine rings is 1. The summed E-state index contributed by atoms with van der Waals surface area (Å²) in [7, 11) is 1.42. The molecule has 0 aliphatic carbocycles. The van der Waals surface area contributed by atoms with Crippen molar-refractivity contribution in [2.45, 2.75) is 6.18 Å². The Morgan fingerprint density at radius 1 is 1.17 bits per heavy atom. The maximum atomic E-state index is 12.9. The minimum Gasteiger partial charge on any atom is -0.618 e. The number of halogens is 3. The van der Waals surface area contributed by atoms with E-state index in [0.29, 0.717) is 6.07 Å². The molecule has 0 atom stereocenters. The van der Waals surface area contributed by atoms with Gasteiger partial charge < -0.3 is 24.7 Å². The first kappa shape index (κ1) is 22.0. The van der Waals surface area contributed by atoms with Crippen molar-refractivity contribution in [1.82, 2.24) is 0 Å². The fraction of sp³-hybridized carbons (Fsp3) is 0.278. The van der Waals surface area contributed by atoms with E-state index in [1.165, 1.54) is 25.3 Å². The van der Waals surface area contributed by atoms with Gasteiger partial charge in [-0.15, -0.1) is 0 Å². The second-order valence-electron chi connectivity index (χ2n) is 5.59. The Labute approximate surface area is 163 Å². The molecule has 2 aromatic rings. The first-order valence-corrected chi connectivity index (χ1v) is 8.20. The third kappa shape index (κ3) is 6.35. The van der Waals surface area contributed by atoms with Crippen molar-refractivity contribution in [2.24, 2.45) is 0 Å². The van der Waals surface area contributed by atoms with E-state index in [4.69, 9.17) is 14.2 Å². The highest BCUT2D eigenvalue weighted by molar-refractivity contribution is 5.95. The monoisotopic (exact) mass is 414 g/mol. The summed E-state index contributed by atoms with van der Waals surface area (Å²) >= 11 is 0. The highest BCUT2D eigenvalue weighted by Gasteiger charge is 2.31. The number of rotatable bonds is 8. The first-order valence-electron chi connectivity index (χ1n) is 8.20. The van der Waals surface area contributed by atoms with Gasteiger partial charge in [-0.2, -0.15) is 17.9 Å². The molecule has 2 rings (SSSR count). The molecule has 0 unspecified atom stereocenters. The van der Waals surface area contributed by atoms with Crippen molar-refractivity contribution in [2.75, 3.05) is 32.2 Å². The summed E-state index contributed by atoms with van der Waals surface area (Å²) in [5.41, 5.74) is -1.60. The van der Waals surface area contributed by atoms with Crippen molar-refractivity contribution in [1.29, 1.82) is 0 Å². The zero-order chi connectivity index (χ0) is 21.4. The van der Waals surface area contributed by atoms with Crippen LogP contribution in [0, 0.1) is 5.21 Å². The SMILES string of the molecule is COCCOc1ccc(C(F)(F)F)cc1NC(=O)COC(=O)c1cccc[n+]1[O-]. The third-order valence-electron chi connectivity index (χ3n) is 3.49. The number of anilines is 1. The molecule has 0 spiro atoms. The van der Waals surface area contributed by atoms with Gasteiger partial charge in [0.05, 0.1) is 17.9 Å². The van der Waals surface area contributed by atoms with Gasteiger partial charge in [0, 0.05) is 19.2 Å². The van der Waals surface area contributed by atoms with Gasteiger partial charge >= 0.3 is 17.8 Å².